The molecular formula is C20H17FN2O3S. The van der Waals surface area contributed by atoms with Gasteiger partial charge in [-0.15, -0.1) is 0 Å². The van der Waals surface area contributed by atoms with Crippen LogP contribution in [-0.2, 0) is 11.8 Å². The van der Waals surface area contributed by atoms with Crippen molar-refractivity contribution in [2.45, 2.75) is 12.3 Å². The molecule has 1 atom stereocenters. The highest BCUT2D eigenvalue weighted by atomic mass is 32.1. The maximum absolute atomic E-state index is 13.3. The lowest BCUT2D eigenvalue weighted by molar-refractivity contribution is -0.118. The van der Waals surface area contributed by atoms with Gasteiger partial charge in [-0.05, 0) is 42.0 Å². The maximum atomic E-state index is 13.3. The van der Waals surface area contributed by atoms with E-state index in [9.17, 15) is 14.0 Å². The fraction of sp³-hybridized carbons (Fsp3) is 0.200. The number of hydrogen-bond donors (Lipinski definition) is 0. The summed E-state index contributed by atoms with van der Waals surface area (Å²) in [4.78, 5) is 27.6. The molecule has 0 N–H and O–H groups in total. The Morgan fingerprint density at radius 1 is 1.15 bits per heavy atom. The third-order valence-electron chi connectivity index (χ3n) is 4.75. The van der Waals surface area contributed by atoms with Gasteiger partial charge in [0, 0.05) is 19.4 Å². The lowest BCUT2D eigenvalue weighted by atomic mass is 9.90. The summed E-state index contributed by atoms with van der Waals surface area (Å²) in [5, 5.41) is 0. The number of thiazole rings is 1. The number of methoxy groups -OCH3 is 1. The number of fused-ring (bicyclic) bond motifs is 1. The number of amides is 1. The summed E-state index contributed by atoms with van der Waals surface area (Å²) in [6.07, 6.45) is 0.220. The van der Waals surface area contributed by atoms with E-state index in [4.69, 9.17) is 4.74 Å². The van der Waals surface area contributed by atoms with Crippen LogP contribution in [0.5, 0.6) is 5.75 Å². The Hall–Kier alpha value is -2.93. The zero-order valence-corrected chi connectivity index (χ0v) is 15.6. The molecule has 0 bridgehead atoms. The van der Waals surface area contributed by atoms with E-state index in [1.165, 1.54) is 21.6 Å². The number of carbonyl (C=O) groups is 1. The average molecular weight is 384 g/mol. The van der Waals surface area contributed by atoms with Crippen LogP contribution in [0.15, 0.2) is 53.3 Å². The van der Waals surface area contributed by atoms with Crippen molar-refractivity contribution in [2.75, 3.05) is 12.0 Å². The number of ether oxygens (including phenoxy) is 1. The van der Waals surface area contributed by atoms with Crippen molar-refractivity contribution in [3.8, 4) is 5.75 Å². The summed E-state index contributed by atoms with van der Waals surface area (Å²) in [5.74, 6) is 0.497. The molecule has 0 unspecified atom stereocenters. The van der Waals surface area contributed by atoms with Gasteiger partial charge in [0.05, 0.1) is 17.7 Å². The van der Waals surface area contributed by atoms with Gasteiger partial charge in [0.25, 0.3) is 0 Å². The quantitative estimate of drug-likeness (QED) is 0.690. The summed E-state index contributed by atoms with van der Waals surface area (Å²) in [6, 6.07) is 13.2. The molecule has 0 radical (unpaired) electrons. The normalized spacial score (nSPS) is 16.3. The molecule has 0 aliphatic carbocycles. The molecule has 4 rings (SSSR count). The van der Waals surface area contributed by atoms with E-state index >= 15 is 0 Å². The van der Waals surface area contributed by atoms with Crippen LogP contribution in [0.1, 0.15) is 22.8 Å². The van der Waals surface area contributed by atoms with Crippen molar-refractivity contribution in [2.24, 2.45) is 7.05 Å². The van der Waals surface area contributed by atoms with Crippen LogP contribution in [0.4, 0.5) is 15.9 Å². The van der Waals surface area contributed by atoms with E-state index in [-0.39, 0.29) is 28.9 Å². The zero-order valence-electron chi connectivity index (χ0n) is 14.8. The molecule has 0 spiro atoms. The number of aromatic nitrogens is 1. The van der Waals surface area contributed by atoms with Crippen LogP contribution in [0.3, 0.4) is 0 Å². The molecule has 3 aromatic rings. The number of halogens is 1. The minimum Gasteiger partial charge on any atom is -0.497 e. The second-order valence-corrected chi connectivity index (χ2v) is 7.35. The highest BCUT2D eigenvalue weighted by Gasteiger charge is 2.37. The van der Waals surface area contributed by atoms with Crippen LogP contribution in [0.25, 0.3) is 0 Å². The van der Waals surface area contributed by atoms with Gasteiger partial charge in [0.1, 0.15) is 17.4 Å². The Bertz CT molecular complexity index is 1070. The predicted molar refractivity (Wildman–Crippen MR) is 103 cm³/mol. The third kappa shape index (κ3) is 2.94. The van der Waals surface area contributed by atoms with Gasteiger partial charge in [-0.25, -0.2) is 4.39 Å². The van der Waals surface area contributed by atoms with Crippen LogP contribution in [-0.4, -0.2) is 17.6 Å². The van der Waals surface area contributed by atoms with Crippen LogP contribution in [0, 0.1) is 5.82 Å². The van der Waals surface area contributed by atoms with Gasteiger partial charge in [0.15, 0.2) is 0 Å². The van der Waals surface area contributed by atoms with Gasteiger partial charge in [-0.2, -0.15) is 0 Å². The molecule has 138 valence electrons. The van der Waals surface area contributed by atoms with E-state index in [0.717, 1.165) is 21.8 Å². The fourth-order valence-electron chi connectivity index (χ4n) is 3.41. The fourth-order valence-corrected chi connectivity index (χ4v) is 4.50. The summed E-state index contributed by atoms with van der Waals surface area (Å²) in [6.45, 7) is 0. The highest BCUT2D eigenvalue weighted by Crippen LogP contribution is 2.44. The number of anilines is 2. The summed E-state index contributed by atoms with van der Waals surface area (Å²) in [7, 11) is 3.24. The van der Waals surface area contributed by atoms with Gasteiger partial charge in [-0.3, -0.25) is 19.1 Å². The molecule has 27 heavy (non-hydrogen) atoms. The summed E-state index contributed by atoms with van der Waals surface area (Å²) >= 11 is 1.14. The topological polar surface area (TPSA) is 51.5 Å². The van der Waals surface area contributed by atoms with Gasteiger partial charge in [0.2, 0.25) is 5.91 Å². The Labute approximate surface area is 159 Å². The maximum Gasteiger partial charge on any atom is 0.308 e. The van der Waals surface area contributed by atoms with Crippen molar-refractivity contribution in [3.63, 3.8) is 0 Å². The van der Waals surface area contributed by atoms with Gasteiger partial charge < -0.3 is 4.74 Å². The number of carbonyl (C=O) groups excluding carboxylic acids is 1. The first kappa shape index (κ1) is 17.5. The Morgan fingerprint density at radius 3 is 2.59 bits per heavy atom. The van der Waals surface area contributed by atoms with Crippen molar-refractivity contribution in [3.05, 3.63) is 74.5 Å². The lowest BCUT2D eigenvalue weighted by Gasteiger charge is -2.32. The molecule has 0 fully saturated rings. The minimum absolute atomic E-state index is 0.143. The third-order valence-corrected chi connectivity index (χ3v) is 5.88. The lowest BCUT2D eigenvalue weighted by Crippen LogP contribution is -2.34. The Kier molecular flexibility index (Phi) is 4.31. The molecule has 1 amide bonds. The number of benzene rings is 2. The number of hydrogen-bond acceptors (Lipinski definition) is 4. The Balaban J connectivity index is 1.88. The first-order valence-electron chi connectivity index (χ1n) is 8.41. The zero-order chi connectivity index (χ0) is 19.1. The highest BCUT2D eigenvalue weighted by molar-refractivity contribution is 7.10. The molecule has 1 aromatic heterocycles. The largest absolute Gasteiger partial charge is 0.497 e. The van der Waals surface area contributed by atoms with Gasteiger partial charge >= 0.3 is 4.87 Å². The van der Waals surface area contributed by atoms with Gasteiger partial charge in [-0.1, -0.05) is 23.5 Å². The molecule has 1 aliphatic heterocycles. The SMILES string of the molecule is COc1cccc([C@@H]2CC(=O)N(c3ccc(F)cc3)c3c2sc(=O)n3C)c1. The minimum atomic E-state index is -0.378. The van der Waals surface area contributed by atoms with E-state index in [0.29, 0.717) is 17.3 Å². The number of nitrogens with zero attached hydrogens (tertiary/aromatic N) is 2. The number of rotatable bonds is 3. The first-order chi connectivity index (χ1) is 13.0. The van der Waals surface area contributed by atoms with Crippen molar-refractivity contribution < 1.29 is 13.9 Å². The van der Waals surface area contributed by atoms with Crippen molar-refractivity contribution >= 4 is 28.7 Å². The Morgan fingerprint density at radius 2 is 1.89 bits per heavy atom. The van der Waals surface area contributed by atoms with E-state index in [1.54, 1.807) is 26.3 Å². The summed E-state index contributed by atoms with van der Waals surface area (Å²) in [5.41, 5.74) is 1.46. The molecular weight excluding hydrogens is 367 g/mol. The van der Waals surface area contributed by atoms with Crippen molar-refractivity contribution in [1.29, 1.82) is 0 Å². The van der Waals surface area contributed by atoms with Crippen LogP contribution < -0.4 is 14.5 Å². The second-order valence-electron chi connectivity index (χ2n) is 6.35. The van der Waals surface area contributed by atoms with Crippen LogP contribution in [0.2, 0.25) is 0 Å². The van der Waals surface area contributed by atoms with E-state index in [1.807, 2.05) is 24.3 Å². The van der Waals surface area contributed by atoms with E-state index in [2.05, 4.69) is 0 Å². The molecule has 5 nitrogen and oxygen atoms in total. The summed E-state index contributed by atoms with van der Waals surface area (Å²) < 4.78 is 20.1. The standard InChI is InChI=1S/C20H17FN2O3S/c1-22-19-18(27-20(22)25)16(12-4-3-5-15(10-12)26-2)11-17(24)23(19)14-8-6-13(21)7-9-14/h3-10,16H,11H2,1-2H3/t16-/m0/s1. The molecule has 2 aromatic carbocycles. The molecule has 0 saturated heterocycles. The van der Waals surface area contributed by atoms with E-state index < -0.39 is 0 Å². The van der Waals surface area contributed by atoms with Crippen LogP contribution >= 0.6 is 11.3 Å². The average Bonchev–Trinajstić information content (AvgIpc) is 2.97. The molecule has 7 heteroatoms. The molecule has 0 saturated carbocycles. The monoisotopic (exact) mass is 384 g/mol. The first-order valence-corrected chi connectivity index (χ1v) is 9.23. The van der Waals surface area contributed by atoms with Crippen molar-refractivity contribution in [1.82, 2.24) is 4.57 Å². The predicted octanol–water partition coefficient (Wildman–Crippen LogP) is 3.79. The molecule has 2 heterocycles. The molecule has 1 aliphatic rings. The smallest absolute Gasteiger partial charge is 0.308 e. The second kappa shape index (κ2) is 6.66.